The molecule has 3 N–H and O–H groups in total. The van der Waals surface area contributed by atoms with Gasteiger partial charge in [0.25, 0.3) is 0 Å². The number of para-hydroxylation sites is 1. The number of aryl methyl sites for hydroxylation is 1. The largest absolute Gasteiger partial charge is 0.399 e. The molecule has 2 nitrogen and oxygen atoms in total. The van der Waals surface area contributed by atoms with Gasteiger partial charge in [0.15, 0.2) is 0 Å². The second-order valence-corrected chi connectivity index (χ2v) is 3.80. The van der Waals surface area contributed by atoms with Gasteiger partial charge in [-0.3, -0.25) is 0 Å². The summed E-state index contributed by atoms with van der Waals surface area (Å²) in [5.74, 6) is -1.27. The Kier molecular flexibility index (Phi) is 2.95. The van der Waals surface area contributed by atoms with Crippen molar-refractivity contribution in [2.75, 3.05) is 11.1 Å². The molecule has 0 atom stereocenters. The molecule has 0 fully saturated rings. The van der Waals surface area contributed by atoms with Crippen LogP contribution < -0.4 is 11.1 Å². The van der Waals surface area contributed by atoms with E-state index in [1.165, 1.54) is 18.2 Å². The maximum Gasteiger partial charge on any atom is 0.149 e. The molecule has 0 aliphatic carbocycles. The van der Waals surface area contributed by atoms with Crippen molar-refractivity contribution in [2.45, 2.75) is 6.92 Å². The van der Waals surface area contributed by atoms with Crippen LogP contribution in [0.1, 0.15) is 5.56 Å². The molecular weight excluding hydrogens is 222 g/mol. The summed E-state index contributed by atoms with van der Waals surface area (Å²) in [6.07, 6.45) is 0. The lowest BCUT2D eigenvalue weighted by molar-refractivity contribution is 0.591. The van der Waals surface area contributed by atoms with Gasteiger partial charge in [-0.2, -0.15) is 0 Å². The number of hydrogen-bond acceptors (Lipinski definition) is 2. The zero-order chi connectivity index (χ0) is 12.4. The second kappa shape index (κ2) is 4.41. The Bertz CT molecular complexity index is 533. The minimum atomic E-state index is -0.633. The van der Waals surface area contributed by atoms with Gasteiger partial charge in [-0.15, -0.1) is 0 Å². The summed E-state index contributed by atoms with van der Waals surface area (Å²) < 4.78 is 26.9. The van der Waals surface area contributed by atoms with Gasteiger partial charge in [0.1, 0.15) is 17.3 Å². The van der Waals surface area contributed by atoms with Crippen molar-refractivity contribution < 1.29 is 8.78 Å². The Labute approximate surface area is 98.1 Å². The highest BCUT2D eigenvalue weighted by Gasteiger charge is 2.09. The number of rotatable bonds is 2. The van der Waals surface area contributed by atoms with Crippen molar-refractivity contribution in [1.82, 2.24) is 0 Å². The summed E-state index contributed by atoms with van der Waals surface area (Å²) in [6, 6.07) is 8.89. The summed E-state index contributed by atoms with van der Waals surface area (Å²) in [7, 11) is 0. The van der Waals surface area contributed by atoms with Gasteiger partial charge in [0.2, 0.25) is 0 Å². The standard InChI is InChI=1S/C13H12F2N2/c1-8-5-6-9(16)7-12(8)17-13-10(14)3-2-4-11(13)15/h2-7,17H,16H2,1H3. The van der Waals surface area contributed by atoms with Crippen molar-refractivity contribution in [1.29, 1.82) is 0 Å². The monoisotopic (exact) mass is 234 g/mol. The molecule has 4 heteroatoms. The predicted molar refractivity (Wildman–Crippen MR) is 65.2 cm³/mol. The summed E-state index contributed by atoms with van der Waals surface area (Å²) in [5, 5.41) is 2.72. The Morgan fingerprint density at radius 2 is 1.71 bits per heavy atom. The molecule has 0 amide bonds. The Morgan fingerprint density at radius 1 is 1.06 bits per heavy atom. The molecule has 2 aromatic rings. The van der Waals surface area contributed by atoms with E-state index in [1.807, 2.05) is 6.92 Å². The minimum absolute atomic E-state index is 0.166. The molecule has 0 unspecified atom stereocenters. The first-order chi connectivity index (χ1) is 8.08. The lowest BCUT2D eigenvalue weighted by Gasteiger charge is -2.11. The Morgan fingerprint density at radius 3 is 2.35 bits per heavy atom. The van der Waals surface area contributed by atoms with Crippen LogP contribution in [0.5, 0.6) is 0 Å². The molecule has 0 aliphatic rings. The van der Waals surface area contributed by atoms with Crippen LogP contribution in [0.25, 0.3) is 0 Å². The second-order valence-electron chi connectivity index (χ2n) is 3.80. The molecule has 0 saturated heterocycles. The van der Waals surface area contributed by atoms with Gasteiger partial charge in [-0.05, 0) is 36.8 Å². The zero-order valence-electron chi connectivity index (χ0n) is 9.30. The summed E-state index contributed by atoms with van der Waals surface area (Å²) >= 11 is 0. The van der Waals surface area contributed by atoms with Crippen molar-refractivity contribution in [3.05, 3.63) is 53.6 Å². The van der Waals surface area contributed by atoms with Crippen molar-refractivity contribution in [3.63, 3.8) is 0 Å². The number of hydrogen-bond donors (Lipinski definition) is 2. The highest BCUT2D eigenvalue weighted by atomic mass is 19.1. The third-order valence-corrected chi connectivity index (χ3v) is 2.48. The van der Waals surface area contributed by atoms with Gasteiger partial charge in [-0.1, -0.05) is 12.1 Å². The summed E-state index contributed by atoms with van der Waals surface area (Å²) in [4.78, 5) is 0. The quantitative estimate of drug-likeness (QED) is 0.779. The van der Waals surface area contributed by atoms with E-state index >= 15 is 0 Å². The van der Waals surface area contributed by atoms with E-state index in [4.69, 9.17) is 5.73 Å². The summed E-state index contributed by atoms with van der Waals surface area (Å²) in [5.41, 5.74) is 7.46. The first-order valence-electron chi connectivity index (χ1n) is 5.15. The molecule has 0 saturated carbocycles. The molecule has 2 rings (SSSR count). The molecule has 88 valence electrons. The highest BCUT2D eigenvalue weighted by molar-refractivity contribution is 5.67. The zero-order valence-corrected chi connectivity index (χ0v) is 9.30. The molecule has 17 heavy (non-hydrogen) atoms. The highest BCUT2D eigenvalue weighted by Crippen LogP contribution is 2.26. The number of nitrogen functional groups attached to an aromatic ring is 1. The van der Waals surface area contributed by atoms with Crippen LogP contribution in [-0.2, 0) is 0 Å². The summed E-state index contributed by atoms with van der Waals surface area (Å²) in [6.45, 7) is 1.83. The van der Waals surface area contributed by atoms with Crippen LogP contribution >= 0.6 is 0 Å². The van der Waals surface area contributed by atoms with Gasteiger partial charge in [-0.25, -0.2) is 8.78 Å². The maximum atomic E-state index is 13.4. The maximum absolute atomic E-state index is 13.4. The van der Waals surface area contributed by atoms with E-state index in [9.17, 15) is 8.78 Å². The molecule has 0 spiro atoms. The molecule has 0 aliphatic heterocycles. The van der Waals surface area contributed by atoms with Crippen molar-refractivity contribution in [2.24, 2.45) is 0 Å². The number of nitrogens with two attached hydrogens (primary N) is 1. The first-order valence-corrected chi connectivity index (χ1v) is 5.15. The molecule has 0 radical (unpaired) electrons. The van der Waals surface area contributed by atoms with E-state index < -0.39 is 11.6 Å². The van der Waals surface area contributed by atoms with E-state index in [-0.39, 0.29) is 5.69 Å². The fourth-order valence-corrected chi connectivity index (χ4v) is 1.53. The van der Waals surface area contributed by atoms with Crippen LogP contribution in [0.15, 0.2) is 36.4 Å². The van der Waals surface area contributed by atoms with Gasteiger partial charge < -0.3 is 11.1 Å². The van der Waals surface area contributed by atoms with Crippen LogP contribution in [0.4, 0.5) is 25.8 Å². The molecular formula is C13H12F2N2. The van der Waals surface area contributed by atoms with Crippen molar-refractivity contribution >= 4 is 17.1 Å². The van der Waals surface area contributed by atoms with E-state index in [1.54, 1.807) is 18.2 Å². The number of halogens is 2. The fourth-order valence-electron chi connectivity index (χ4n) is 1.53. The van der Waals surface area contributed by atoms with Gasteiger partial charge in [0, 0.05) is 11.4 Å². The van der Waals surface area contributed by atoms with Crippen LogP contribution in [0, 0.1) is 18.6 Å². The fraction of sp³-hybridized carbons (Fsp3) is 0.0769. The van der Waals surface area contributed by atoms with Crippen LogP contribution in [-0.4, -0.2) is 0 Å². The molecule has 0 aromatic heterocycles. The Balaban J connectivity index is 2.41. The van der Waals surface area contributed by atoms with Crippen LogP contribution in [0.3, 0.4) is 0 Å². The topological polar surface area (TPSA) is 38.0 Å². The average molecular weight is 234 g/mol. The van der Waals surface area contributed by atoms with E-state index in [2.05, 4.69) is 5.32 Å². The van der Waals surface area contributed by atoms with E-state index in [0.29, 0.717) is 11.4 Å². The number of benzene rings is 2. The van der Waals surface area contributed by atoms with Crippen molar-refractivity contribution in [3.8, 4) is 0 Å². The SMILES string of the molecule is Cc1ccc(N)cc1Nc1c(F)cccc1F. The number of nitrogens with one attached hydrogen (secondary N) is 1. The van der Waals surface area contributed by atoms with Gasteiger partial charge >= 0.3 is 0 Å². The molecule has 2 aromatic carbocycles. The number of anilines is 3. The smallest absolute Gasteiger partial charge is 0.149 e. The normalized spacial score (nSPS) is 10.3. The lowest BCUT2D eigenvalue weighted by Crippen LogP contribution is -1.99. The predicted octanol–water partition coefficient (Wildman–Crippen LogP) is 3.60. The third kappa shape index (κ3) is 2.36. The van der Waals surface area contributed by atoms with E-state index in [0.717, 1.165) is 5.56 Å². The molecule has 0 bridgehead atoms. The average Bonchev–Trinajstić information content (AvgIpc) is 2.28. The Hall–Kier alpha value is -2.10. The first kappa shape index (κ1) is 11.4. The van der Waals surface area contributed by atoms with Crippen LogP contribution in [0.2, 0.25) is 0 Å². The third-order valence-electron chi connectivity index (χ3n) is 2.48. The van der Waals surface area contributed by atoms with Gasteiger partial charge in [0.05, 0.1) is 0 Å². The lowest BCUT2D eigenvalue weighted by atomic mass is 10.1. The minimum Gasteiger partial charge on any atom is -0.399 e. The molecule has 0 heterocycles.